The molecule has 1 aliphatic heterocycles. The fraction of sp³-hybridized carbons (Fsp3) is 0.600. The minimum absolute atomic E-state index is 0.624. The van der Waals surface area contributed by atoms with E-state index in [-0.39, 0.29) is 0 Å². The molecule has 0 spiro atoms. The SMILES string of the molecule is CC(Nc1ccccc1N1CCCC1)C1CC1. The first kappa shape index (κ1) is 10.9. The third kappa shape index (κ3) is 2.41. The maximum absolute atomic E-state index is 3.71. The number of hydrogen-bond donors (Lipinski definition) is 1. The van der Waals surface area contributed by atoms with Crippen LogP contribution in [0.2, 0.25) is 0 Å². The van der Waals surface area contributed by atoms with Crippen LogP contribution < -0.4 is 10.2 Å². The maximum Gasteiger partial charge on any atom is 0.0602 e. The van der Waals surface area contributed by atoms with Crippen LogP contribution in [-0.4, -0.2) is 19.1 Å². The lowest BCUT2D eigenvalue weighted by Crippen LogP contribution is -2.22. The van der Waals surface area contributed by atoms with Crippen molar-refractivity contribution >= 4 is 11.4 Å². The third-order valence-corrected chi connectivity index (χ3v) is 4.06. The summed E-state index contributed by atoms with van der Waals surface area (Å²) in [7, 11) is 0. The van der Waals surface area contributed by atoms with E-state index in [2.05, 4.69) is 41.4 Å². The van der Waals surface area contributed by atoms with Crippen LogP contribution in [0.1, 0.15) is 32.6 Å². The Morgan fingerprint density at radius 2 is 1.88 bits per heavy atom. The Morgan fingerprint density at radius 1 is 1.18 bits per heavy atom. The zero-order chi connectivity index (χ0) is 11.7. The zero-order valence-electron chi connectivity index (χ0n) is 10.7. The molecule has 1 aliphatic carbocycles. The molecule has 1 aromatic rings. The summed E-state index contributed by atoms with van der Waals surface area (Å²) >= 11 is 0. The molecule has 0 amide bonds. The summed E-state index contributed by atoms with van der Waals surface area (Å²) in [4.78, 5) is 2.52. The lowest BCUT2D eigenvalue weighted by atomic mass is 10.2. The van der Waals surface area contributed by atoms with Gasteiger partial charge >= 0.3 is 0 Å². The molecular weight excluding hydrogens is 208 g/mol. The van der Waals surface area contributed by atoms with Crippen molar-refractivity contribution < 1.29 is 0 Å². The maximum atomic E-state index is 3.71. The van der Waals surface area contributed by atoms with E-state index in [0.29, 0.717) is 6.04 Å². The highest BCUT2D eigenvalue weighted by Crippen LogP contribution is 2.36. The van der Waals surface area contributed by atoms with Gasteiger partial charge in [0.15, 0.2) is 0 Å². The molecule has 1 unspecified atom stereocenters. The predicted octanol–water partition coefficient (Wildman–Crippen LogP) is 3.50. The van der Waals surface area contributed by atoms with Crippen LogP contribution in [-0.2, 0) is 0 Å². The number of rotatable bonds is 4. The summed E-state index contributed by atoms with van der Waals surface area (Å²) in [6.07, 6.45) is 5.49. The molecule has 2 nitrogen and oxygen atoms in total. The van der Waals surface area contributed by atoms with Crippen LogP contribution in [0.25, 0.3) is 0 Å². The van der Waals surface area contributed by atoms with Crippen molar-refractivity contribution in [2.24, 2.45) is 5.92 Å². The largest absolute Gasteiger partial charge is 0.381 e. The second-order valence-corrected chi connectivity index (χ2v) is 5.48. The Morgan fingerprint density at radius 3 is 2.59 bits per heavy atom. The van der Waals surface area contributed by atoms with Gasteiger partial charge in [-0.1, -0.05) is 12.1 Å². The minimum Gasteiger partial charge on any atom is -0.381 e. The van der Waals surface area contributed by atoms with Crippen LogP contribution in [0.5, 0.6) is 0 Å². The van der Waals surface area contributed by atoms with Crippen molar-refractivity contribution in [3.05, 3.63) is 24.3 Å². The smallest absolute Gasteiger partial charge is 0.0602 e. The van der Waals surface area contributed by atoms with Gasteiger partial charge in [-0.05, 0) is 50.7 Å². The molecule has 17 heavy (non-hydrogen) atoms. The summed E-state index contributed by atoms with van der Waals surface area (Å²) in [6, 6.07) is 9.40. The standard InChI is InChI=1S/C15H22N2/c1-12(13-8-9-13)16-14-6-2-3-7-15(14)17-10-4-5-11-17/h2-3,6-7,12-13,16H,4-5,8-11H2,1H3. The monoisotopic (exact) mass is 230 g/mol. The summed E-state index contributed by atoms with van der Waals surface area (Å²) in [5.41, 5.74) is 2.73. The molecule has 1 heterocycles. The van der Waals surface area contributed by atoms with Gasteiger partial charge < -0.3 is 10.2 Å². The molecule has 0 bridgehead atoms. The van der Waals surface area contributed by atoms with Gasteiger partial charge in [-0.15, -0.1) is 0 Å². The quantitative estimate of drug-likeness (QED) is 0.851. The highest BCUT2D eigenvalue weighted by molar-refractivity contribution is 5.70. The number of anilines is 2. The van der Waals surface area contributed by atoms with Gasteiger partial charge in [0.05, 0.1) is 11.4 Å². The molecule has 2 fully saturated rings. The fourth-order valence-corrected chi connectivity index (χ4v) is 2.79. The Balaban J connectivity index is 1.77. The van der Waals surface area contributed by atoms with Gasteiger partial charge in [0.25, 0.3) is 0 Å². The van der Waals surface area contributed by atoms with Gasteiger partial charge in [-0.2, -0.15) is 0 Å². The molecule has 92 valence electrons. The van der Waals surface area contributed by atoms with Crippen molar-refractivity contribution in [1.29, 1.82) is 0 Å². The van der Waals surface area contributed by atoms with Crippen LogP contribution in [0.15, 0.2) is 24.3 Å². The molecule has 1 N–H and O–H groups in total. The van der Waals surface area contributed by atoms with Crippen molar-refractivity contribution in [3.63, 3.8) is 0 Å². The third-order valence-electron chi connectivity index (χ3n) is 4.06. The number of hydrogen-bond acceptors (Lipinski definition) is 2. The Kier molecular flexibility index (Phi) is 2.96. The van der Waals surface area contributed by atoms with E-state index in [1.54, 1.807) is 0 Å². The van der Waals surface area contributed by atoms with Crippen LogP contribution >= 0.6 is 0 Å². The number of para-hydroxylation sites is 2. The van der Waals surface area contributed by atoms with Gasteiger partial charge in [0, 0.05) is 19.1 Å². The predicted molar refractivity (Wildman–Crippen MR) is 73.7 cm³/mol. The zero-order valence-corrected chi connectivity index (χ0v) is 10.7. The number of nitrogens with one attached hydrogen (secondary N) is 1. The number of benzene rings is 1. The van der Waals surface area contributed by atoms with Crippen molar-refractivity contribution in [3.8, 4) is 0 Å². The molecule has 0 aromatic heterocycles. The van der Waals surface area contributed by atoms with Gasteiger partial charge in [-0.3, -0.25) is 0 Å². The first-order valence-corrected chi connectivity index (χ1v) is 6.95. The van der Waals surface area contributed by atoms with E-state index >= 15 is 0 Å². The van der Waals surface area contributed by atoms with Crippen LogP contribution in [0.4, 0.5) is 11.4 Å². The topological polar surface area (TPSA) is 15.3 Å². The second-order valence-electron chi connectivity index (χ2n) is 5.48. The van der Waals surface area contributed by atoms with Crippen LogP contribution in [0.3, 0.4) is 0 Å². The fourth-order valence-electron chi connectivity index (χ4n) is 2.79. The molecule has 3 rings (SSSR count). The second kappa shape index (κ2) is 4.59. The van der Waals surface area contributed by atoms with Gasteiger partial charge in [0.1, 0.15) is 0 Å². The highest BCUT2D eigenvalue weighted by atomic mass is 15.2. The Labute approximate surface area is 104 Å². The summed E-state index contributed by atoms with van der Waals surface area (Å²) in [5.74, 6) is 0.904. The summed E-state index contributed by atoms with van der Waals surface area (Å²) in [5, 5.41) is 3.71. The number of nitrogens with zero attached hydrogens (tertiary/aromatic N) is 1. The van der Waals surface area contributed by atoms with Crippen LogP contribution in [0, 0.1) is 5.92 Å². The molecule has 2 aliphatic rings. The lowest BCUT2D eigenvalue weighted by Gasteiger charge is -2.24. The van der Waals surface area contributed by atoms with E-state index < -0.39 is 0 Å². The molecule has 1 saturated carbocycles. The molecule has 1 atom stereocenters. The van der Waals surface area contributed by atoms with Crippen molar-refractivity contribution in [2.75, 3.05) is 23.3 Å². The molecule has 1 aromatic carbocycles. The lowest BCUT2D eigenvalue weighted by molar-refractivity contribution is 0.694. The average molecular weight is 230 g/mol. The van der Waals surface area contributed by atoms with Crippen molar-refractivity contribution in [2.45, 2.75) is 38.6 Å². The normalized spacial score (nSPS) is 21.6. The average Bonchev–Trinajstić information content (AvgIpc) is 3.06. The molecule has 2 heteroatoms. The van der Waals surface area contributed by atoms with Crippen molar-refractivity contribution in [1.82, 2.24) is 0 Å². The van der Waals surface area contributed by atoms with E-state index in [0.717, 1.165) is 5.92 Å². The molecular formula is C15H22N2. The molecule has 0 radical (unpaired) electrons. The van der Waals surface area contributed by atoms with E-state index in [1.165, 1.54) is 50.1 Å². The highest BCUT2D eigenvalue weighted by Gasteiger charge is 2.28. The first-order valence-electron chi connectivity index (χ1n) is 6.95. The minimum atomic E-state index is 0.624. The van der Waals surface area contributed by atoms with Gasteiger partial charge in [0.2, 0.25) is 0 Å². The summed E-state index contributed by atoms with van der Waals surface area (Å²) < 4.78 is 0. The van der Waals surface area contributed by atoms with E-state index in [4.69, 9.17) is 0 Å². The van der Waals surface area contributed by atoms with Gasteiger partial charge in [-0.25, -0.2) is 0 Å². The first-order chi connectivity index (χ1) is 8.34. The molecule has 1 saturated heterocycles. The van der Waals surface area contributed by atoms with E-state index in [9.17, 15) is 0 Å². The Hall–Kier alpha value is -1.18. The summed E-state index contributed by atoms with van der Waals surface area (Å²) in [6.45, 7) is 4.76. The Bertz CT molecular complexity index is 378. The van der Waals surface area contributed by atoms with E-state index in [1.807, 2.05) is 0 Å².